The maximum atomic E-state index is 11.3. The molecule has 0 radical (unpaired) electrons. The molecule has 1 saturated carbocycles. The Morgan fingerprint density at radius 2 is 2.05 bits per heavy atom. The normalized spacial score (nSPS) is 23.2. The summed E-state index contributed by atoms with van der Waals surface area (Å²) in [5, 5.41) is 10.7. The summed E-state index contributed by atoms with van der Waals surface area (Å²) in [6.45, 7) is 1.53. The van der Waals surface area contributed by atoms with Gasteiger partial charge in [-0.25, -0.2) is 0 Å². The van der Waals surface area contributed by atoms with Crippen LogP contribution < -0.4 is 4.90 Å². The Labute approximate surface area is 119 Å². The van der Waals surface area contributed by atoms with E-state index >= 15 is 0 Å². The molecule has 1 N–H and O–H groups in total. The summed E-state index contributed by atoms with van der Waals surface area (Å²) in [4.78, 5) is 13.4. The lowest BCUT2D eigenvalue weighted by Gasteiger charge is -2.37. The number of ketones is 1. The van der Waals surface area contributed by atoms with E-state index in [9.17, 15) is 9.90 Å². The maximum absolute atomic E-state index is 11.3. The molecule has 0 amide bonds. The van der Waals surface area contributed by atoms with E-state index in [0.29, 0.717) is 10.6 Å². The first-order chi connectivity index (χ1) is 9.00. The van der Waals surface area contributed by atoms with Gasteiger partial charge >= 0.3 is 0 Å². The summed E-state index contributed by atoms with van der Waals surface area (Å²) in [7, 11) is 1.95. The predicted molar refractivity (Wildman–Crippen MR) is 78.1 cm³/mol. The number of hydrogen-bond donors (Lipinski definition) is 1. The van der Waals surface area contributed by atoms with Crippen molar-refractivity contribution in [1.82, 2.24) is 0 Å². The smallest absolute Gasteiger partial charge is 0.159 e. The first-order valence-electron chi connectivity index (χ1n) is 6.72. The summed E-state index contributed by atoms with van der Waals surface area (Å²) in [5.74, 6) is 0.00815. The standard InChI is InChI=1S/C15H20ClNO2/c1-10(18)11-7-8-13(12(16)9-11)17(2)14-5-3-4-6-15(14)19/h7-9,14-15,19H,3-6H2,1-2H3. The molecule has 0 saturated heterocycles. The lowest BCUT2D eigenvalue weighted by molar-refractivity contribution is 0.101. The molecule has 0 bridgehead atoms. The van der Waals surface area contributed by atoms with Gasteiger partial charge in [-0.3, -0.25) is 4.79 Å². The van der Waals surface area contributed by atoms with E-state index in [1.807, 2.05) is 18.0 Å². The summed E-state index contributed by atoms with van der Waals surface area (Å²) in [6.07, 6.45) is 3.74. The number of rotatable bonds is 3. The van der Waals surface area contributed by atoms with Crippen molar-refractivity contribution in [2.24, 2.45) is 0 Å². The molecule has 1 aromatic rings. The Morgan fingerprint density at radius 3 is 2.63 bits per heavy atom. The molecular formula is C15H20ClNO2. The average molecular weight is 282 g/mol. The third-order valence-corrected chi connectivity index (χ3v) is 4.23. The van der Waals surface area contributed by atoms with Crippen LogP contribution in [0.1, 0.15) is 43.0 Å². The minimum atomic E-state index is -0.303. The van der Waals surface area contributed by atoms with Crippen LogP contribution in [-0.2, 0) is 0 Å². The topological polar surface area (TPSA) is 40.5 Å². The average Bonchev–Trinajstić information content (AvgIpc) is 2.38. The minimum absolute atomic E-state index is 0.00815. The van der Waals surface area contributed by atoms with Gasteiger partial charge in [0, 0.05) is 12.6 Å². The zero-order chi connectivity index (χ0) is 14.0. The number of aliphatic hydroxyl groups excluding tert-OH is 1. The number of aliphatic hydroxyl groups is 1. The number of carbonyl (C=O) groups excluding carboxylic acids is 1. The second-order valence-electron chi connectivity index (χ2n) is 5.25. The molecule has 2 rings (SSSR count). The van der Waals surface area contributed by atoms with E-state index in [4.69, 9.17) is 11.6 Å². The van der Waals surface area contributed by atoms with Crippen molar-refractivity contribution in [2.45, 2.75) is 44.8 Å². The van der Waals surface area contributed by atoms with Gasteiger partial charge < -0.3 is 10.0 Å². The fourth-order valence-electron chi connectivity index (χ4n) is 2.73. The number of nitrogens with zero attached hydrogens (tertiary/aromatic N) is 1. The van der Waals surface area contributed by atoms with Crippen LogP contribution in [0.3, 0.4) is 0 Å². The van der Waals surface area contributed by atoms with Crippen LogP contribution in [0.5, 0.6) is 0 Å². The highest BCUT2D eigenvalue weighted by molar-refractivity contribution is 6.33. The van der Waals surface area contributed by atoms with Crippen LogP contribution in [-0.4, -0.2) is 30.1 Å². The van der Waals surface area contributed by atoms with E-state index < -0.39 is 0 Å². The van der Waals surface area contributed by atoms with E-state index in [1.165, 1.54) is 6.92 Å². The molecular weight excluding hydrogens is 262 g/mol. The summed E-state index contributed by atoms with van der Waals surface area (Å²) >= 11 is 6.26. The number of halogens is 1. The van der Waals surface area contributed by atoms with Gasteiger partial charge in [0.25, 0.3) is 0 Å². The first kappa shape index (κ1) is 14.4. The largest absolute Gasteiger partial charge is 0.391 e. The number of benzene rings is 1. The molecule has 1 aliphatic carbocycles. The monoisotopic (exact) mass is 281 g/mol. The molecule has 2 unspecified atom stereocenters. The van der Waals surface area contributed by atoms with Gasteiger partial charge in [-0.2, -0.15) is 0 Å². The zero-order valence-corrected chi connectivity index (χ0v) is 12.2. The van der Waals surface area contributed by atoms with Gasteiger partial charge in [-0.1, -0.05) is 24.4 Å². The van der Waals surface area contributed by atoms with E-state index in [2.05, 4.69) is 0 Å². The first-order valence-corrected chi connectivity index (χ1v) is 7.10. The third-order valence-electron chi connectivity index (χ3n) is 3.93. The molecule has 104 valence electrons. The highest BCUT2D eigenvalue weighted by Gasteiger charge is 2.27. The van der Waals surface area contributed by atoms with E-state index in [1.54, 1.807) is 12.1 Å². The van der Waals surface area contributed by atoms with Gasteiger partial charge in [-0.15, -0.1) is 0 Å². The van der Waals surface area contributed by atoms with Crippen molar-refractivity contribution >= 4 is 23.1 Å². The Kier molecular flexibility index (Phi) is 4.48. The van der Waals surface area contributed by atoms with Crippen molar-refractivity contribution in [1.29, 1.82) is 0 Å². The Bertz CT molecular complexity index is 475. The molecule has 1 aromatic carbocycles. The molecule has 1 fully saturated rings. The van der Waals surface area contributed by atoms with Crippen molar-refractivity contribution in [2.75, 3.05) is 11.9 Å². The molecule has 0 aromatic heterocycles. The molecule has 0 spiro atoms. The van der Waals surface area contributed by atoms with Crippen molar-refractivity contribution in [3.63, 3.8) is 0 Å². The molecule has 0 aliphatic heterocycles. The van der Waals surface area contributed by atoms with Gasteiger partial charge in [0.2, 0.25) is 0 Å². The third kappa shape index (κ3) is 3.10. The summed E-state index contributed by atoms with van der Waals surface area (Å²) < 4.78 is 0. The Hall–Kier alpha value is -1.06. The van der Waals surface area contributed by atoms with Crippen LogP contribution in [0.2, 0.25) is 5.02 Å². The SMILES string of the molecule is CC(=O)c1ccc(N(C)C2CCCCC2O)c(Cl)c1. The quantitative estimate of drug-likeness (QED) is 0.865. The lowest BCUT2D eigenvalue weighted by Crippen LogP contribution is -2.43. The molecule has 4 heteroatoms. The summed E-state index contributed by atoms with van der Waals surface area (Å²) in [5.41, 5.74) is 1.49. The van der Waals surface area contributed by atoms with E-state index in [-0.39, 0.29) is 17.9 Å². The molecule has 1 aliphatic rings. The Morgan fingerprint density at radius 1 is 1.37 bits per heavy atom. The molecule has 19 heavy (non-hydrogen) atoms. The highest BCUT2D eigenvalue weighted by Crippen LogP contribution is 2.32. The Balaban J connectivity index is 2.23. The molecule has 3 nitrogen and oxygen atoms in total. The number of Topliss-reactive ketones (excluding diaryl/α,β-unsaturated/α-hetero) is 1. The van der Waals surface area contributed by atoms with Gasteiger partial charge in [0.1, 0.15) is 0 Å². The highest BCUT2D eigenvalue weighted by atomic mass is 35.5. The number of hydrogen-bond acceptors (Lipinski definition) is 3. The zero-order valence-electron chi connectivity index (χ0n) is 11.4. The van der Waals surface area contributed by atoms with Crippen LogP contribution in [0.25, 0.3) is 0 Å². The number of anilines is 1. The van der Waals surface area contributed by atoms with Gasteiger partial charge in [0.05, 0.1) is 22.9 Å². The van der Waals surface area contributed by atoms with Crippen molar-refractivity contribution in [3.05, 3.63) is 28.8 Å². The maximum Gasteiger partial charge on any atom is 0.159 e. The van der Waals surface area contributed by atoms with Crippen LogP contribution in [0.15, 0.2) is 18.2 Å². The number of likely N-dealkylation sites (N-methyl/N-ethyl adjacent to an activating group) is 1. The van der Waals surface area contributed by atoms with Crippen LogP contribution >= 0.6 is 11.6 Å². The lowest BCUT2D eigenvalue weighted by atomic mass is 9.91. The predicted octanol–water partition coefficient (Wildman–Crippen LogP) is 3.28. The number of carbonyl (C=O) groups is 1. The van der Waals surface area contributed by atoms with Gasteiger partial charge in [-0.05, 0) is 38.0 Å². The fourth-order valence-corrected chi connectivity index (χ4v) is 3.05. The second-order valence-corrected chi connectivity index (χ2v) is 5.66. The molecule has 0 heterocycles. The van der Waals surface area contributed by atoms with Crippen LogP contribution in [0.4, 0.5) is 5.69 Å². The van der Waals surface area contributed by atoms with Gasteiger partial charge in [0.15, 0.2) is 5.78 Å². The van der Waals surface area contributed by atoms with Crippen molar-refractivity contribution < 1.29 is 9.90 Å². The fraction of sp³-hybridized carbons (Fsp3) is 0.533. The molecule has 2 atom stereocenters. The van der Waals surface area contributed by atoms with Crippen molar-refractivity contribution in [3.8, 4) is 0 Å². The summed E-state index contributed by atoms with van der Waals surface area (Å²) in [6, 6.07) is 5.45. The van der Waals surface area contributed by atoms with Crippen LogP contribution in [0, 0.1) is 0 Å². The van der Waals surface area contributed by atoms with E-state index in [0.717, 1.165) is 31.4 Å². The second kappa shape index (κ2) is 5.93. The minimum Gasteiger partial charge on any atom is -0.391 e.